The fourth-order valence-electron chi connectivity index (χ4n) is 1.82. The van der Waals surface area contributed by atoms with Crippen LogP contribution in [0.2, 0.25) is 0 Å². The number of benzene rings is 2. The van der Waals surface area contributed by atoms with E-state index in [4.69, 9.17) is 5.11 Å². The number of carbonyl (C=O) groups is 2. The fourth-order valence-corrected chi connectivity index (χ4v) is 2.42. The largest absolute Gasteiger partial charge is 0.507 e. The lowest BCUT2D eigenvalue weighted by molar-refractivity contribution is 0.0693. The highest BCUT2D eigenvalue weighted by Gasteiger charge is 2.13. The molecule has 0 bridgehead atoms. The molecule has 0 saturated heterocycles. The van der Waals surface area contributed by atoms with Crippen molar-refractivity contribution in [3.05, 3.63) is 53.6 Å². The Hall–Kier alpha value is -2.47. The van der Waals surface area contributed by atoms with Crippen LogP contribution < -0.4 is 5.32 Å². The first kappa shape index (κ1) is 14.9. The van der Waals surface area contributed by atoms with Crippen LogP contribution >= 0.6 is 11.8 Å². The molecule has 0 heterocycles. The van der Waals surface area contributed by atoms with E-state index in [2.05, 4.69) is 5.32 Å². The average Bonchev–Trinajstić information content (AvgIpc) is 2.46. The number of aromatic hydroxyl groups is 1. The average molecular weight is 303 g/mol. The summed E-state index contributed by atoms with van der Waals surface area (Å²) >= 11 is 1.46. The third-order valence-electron chi connectivity index (χ3n) is 2.84. The summed E-state index contributed by atoms with van der Waals surface area (Å²) in [5.41, 5.74) is 0.641. The third-order valence-corrected chi connectivity index (χ3v) is 3.63. The Labute approximate surface area is 125 Å². The van der Waals surface area contributed by atoms with Gasteiger partial charge in [0.25, 0.3) is 5.91 Å². The van der Waals surface area contributed by atoms with Crippen molar-refractivity contribution in [1.29, 1.82) is 0 Å². The molecule has 1 amide bonds. The maximum atomic E-state index is 12.2. The minimum Gasteiger partial charge on any atom is -0.507 e. The van der Waals surface area contributed by atoms with Crippen LogP contribution in [0.15, 0.2) is 47.4 Å². The zero-order valence-electron chi connectivity index (χ0n) is 11.2. The molecule has 6 heteroatoms. The van der Waals surface area contributed by atoms with E-state index in [9.17, 15) is 14.7 Å². The van der Waals surface area contributed by atoms with Crippen LogP contribution in [-0.2, 0) is 0 Å². The summed E-state index contributed by atoms with van der Waals surface area (Å²) in [4.78, 5) is 23.8. The number of thioether (sulfide) groups is 1. The first-order valence-electron chi connectivity index (χ1n) is 6.03. The first-order valence-corrected chi connectivity index (χ1v) is 7.26. The lowest BCUT2D eigenvalue weighted by atomic mass is 10.1. The summed E-state index contributed by atoms with van der Waals surface area (Å²) in [7, 11) is 0. The minimum atomic E-state index is -1.22. The summed E-state index contributed by atoms with van der Waals surface area (Å²) in [5, 5.41) is 21.1. The number of carboxylic acid groups (broad SMARTS) is 1. The summed E-state index contributed by atoms with van der Waals surface area (Å²) in [6.07, 6.45) is 1.87. The number of carbonyl (C=O) groups excluding carboxylic acids is 1. The second-order valence-corrected chi connectivity index (χ2v) is 5.04. The van der Waals surface area contributed by atoms with Crippen molar-refractivity contribution in [3.63, 3.8) is 0 Å². The van der Waals surface area contributed by atoms with Gasteiger partial charge in [-0.3, -0.25) is 4.79 Å². The van der Waals surface area contributed by atoms with Gasteiger partial charge in [-0.2, -0.15) is 0 Å². The Bertz CT molecular complexity index is 700. The Balaban J connectivity index is 2.24. The molecule has 0 atom stereocenters. The topological polar surface area (TPSA) is 86.6 Å². The molecule has 0 aliphatic heterocycles. The highest BCUT2D eigenvalue weighted by atomic mass is 32.2. The summed E-state index contributed by atoms with van der Waals surface area (Å²) in [6.45, 7) is 0. The minimum absolute atomic E-state index is 0.211. The zero-order valence-corrected chi connectivity index (χ0v) is 12.0. The molecule has 0 spiro atoms. The third kappa shape index (κ3) is 3.35. The van der Waals surface area contributed by atoms with Crippen LogP contribution in [0.1, 0.15) is 20.7 Å². The molecule has 0 unspecified atom stereocenters. The van der Waals surface area contributed by atoms with E-state index >= 15 is 0 Å². The Morgan fingerprint density at radius 3 is 2.43 bits per heavy atom. The van der Waals surface area contributed by atoms with Gasteiger partial charge in [0.05, 0.1) is 5.56 Å². The highest BCUT2D eigenvalue weighted by molar-refractivity contribution is 7.98. The molecular weight excluding hydrogens is 290 g/mol. The number of rotatable bonds is 4. The molecule has 0 aromatic heterocycles. The van der Waals surface area contributed by atoms with Gasteiger partial charge in [0.1, 0.15) is 11.3 Å². The standard InChI is InChI=1S/C15H13NO4S/c1-21-13-5-3-2-4-11(13)14(18)16-9-6-7-10(15(19)20)12(17)8-9/h2-8,17H,1H3,(H,16,18)(H,19,20). The Kier molecular flexibility index (Phi) is 4.49. The van der Waals surface area contributed by atoms with Gasteiger partial charge in [0, 0.05) is 16.6 Å². The normalized spacial score (nSPS) is 10.1. The molecular formula is C15H13NO4S. The van der Waals surface area contributed by atoms with Crippen LogP contribution in [0.3, 0.4) is 0 Å². The van der Waals surface area contributed by atoms with Crippen molar-refractivity contribution >= 4 is 29.3 Å². The lowest BCUT2D eigenvalue weighted by Gasteiger charge is -2.09. The number of aromatic carboxylic acids is 1. The molecule has 0 aliphatic rings. The van der Waals surface area contributed by atoms with Crippen molar-refractivity contribution < 1.29 is 19.8 Å². The lowest BCUT2D eigenvalue weighted by Crippen LogP contribution is -2.13. The smallest absolute Gasteiger partial charge is 0.339 e. The number of anilines is 1. The Morgan fingerprint density at radius 1 is 1.10 bits per heavy atom. The van der Waals surface area contributed by atoms with Crippen molar-refractivity contribution in [1.82, 2.24) is 0 Å². The molecule has 0 saturated carbocycles. The van der Waals surface area contributed by atoms with E-state index in [1.54, 1.807) is 12.1 Å². The van der Waals surface area contributed by atoms with Crippen molar-refractivity contribution in [3.8, 4) is 5.75 Å². The van der Waals surface area contributed by atoms with E-state index in [-0.39, 0.29) is 11.5 Å². The van der Waals surface area contributed by atoms with E-state index in [1.807, 2.05) is 18.4 Å². The van der Waals surface area contributed by atoms with Gasteiger partial charge in [0.15, 0.2) is 0 Å². The molecule has 5 nitrogen and oxygen atoms in total. The SMILES string of the molecule is CSc1ccccc1C(=O)Nc1ccc(C(=O)O)c(O)c1. The maximum absolute atomic E-state index is 12.2. The van der Waals surface area contributed by atoms with E-state index in [1.165, 1.54) is 30.0 Å². The van der Waals surface area contributed by atoms with Gasteiger partial charge in [0.2, 0.25) is 0 Å². The van der Waals surface area contributed by atoms with Gasteiger partial charge in [-0.1, -0.05) is 12.1 Å². The predicted octanol–water partition coefficient (Wildman–Crippen LogP) is 3.06. The number of hydrogen-bond donors (Lipinski definition) is 3. The first-order chi connectivity index (χ1) is 10.0. The number of amides is 1. The van der Waals surface area contributed by atoms with Crippen molar-refractivity contribution in [2.75, 3.05) is 11.6 Å². The number of carboxylic acids is 1. The monoisotopic (exact) mass is 303 g/mol. The van der Waals surface area contributed by atoms with Gasteiger partial charge in [-0.25, -0.2) is 4.79 Å². The summed E-state index contributed by atoms with van der Waals surface area (Å²) in [5.74, 6) is -1.93. The molecule has 0 aliphatic carbocycles. The molecule has 2 aromatic rings. The van der Waals surface area contributed by atoms with Gasteiger partial charge >= 0.3 is 5.97 Å². The molecule has 0 fully saturated rings. The Morgan fingerprint density at radius 2 is 1.81 bits per heavy atom. The number of phenols is 1. The molecule has 2 rings (SSSR count). The van der Waals surface area contributed by atoms with Gasteiger partial charge in [-0.15, -0.1) is 11.8 Å². The van der Waals surface area contributed by atoms with E-state index in [0.29, 0.717) is 11.3 Å². The van der Waals surface area contributed by atoms with Crippen LogP contribution in [0, 0.1) is 0 Å². The summed E-state index contributed by atoms with van der Waals surface area (Å²) < 4.78 is 0. The molecule has 21 heavy (non-hydrogen) atoms. The van der Waals surface area contributed by atoms with Crippen LogP contribution in [0.4, 0.5) is 5.69 Å². The van der Waals surface area contributed by atoms with Crippen molar-refractivity contribution in [2.24, 2.45) is 0 Å². The highest BCUT2D eigenvalue weighted by Crippen LogP contribution is 2.24. The predicted molar refractivity (Wildman–Crippen MR) is 81.2 cm³/mol. The van der Waals surface area contributed by atoms with Gasteiger partial charge < -0.3 is 15.5 Å². The fraction of sp³-hybridized carbons (Fsp3) is 0.0667. The summed E-state index contributed by atoms with van der Waals surface area (Å²) in [6, 6.07) is 11.0. The van der Waals surface area contributed by atoms with E-state index in [0.717, 1.165) is 4.90 Å². The van der Waals surface area contributed by atoms with Crippen LogP contribution in [-0.4, -0.2) is 28.3 Å². The zero-order chi connectivity index (χ0) is 15.4. The number of nitrogens with one attached hydrogen (secondary N) is 1. The van der Waals surface area contributed by atoms with Gasteiger partial charge in [-0.05, 0) is 30.5 Å². The quantitative estimate of drug-likeness (QED) is 0.756. The maximum Gasteiger partial charge on any atom is 0.339 e. The van der Waals surface area contributed by atoms with Crippen molar-refractivity contribution in [2.45, 2.75) is 4.90 Å². The molecule has 0 radical (unpaired) electrons. The van der Waals surface area contributed by atoms with E-state index < -0.39 is 11.7 Å². The number of hydrogen-bond acceptors (Lipinski definition) is 4. The van der Waals surface area contributed by atoms with Crippen LogP contribution in [0.5, 0.6) is 5.75 Å². The second kappa shape index (κ2) is 6.32. The molecule has 3 N–H and O–H groups in total. The molecule has 108 valence electrons. The van der Waals surface area contributed by atoms with Crippen LogP contribution in [0.25, 0.3) is 0 Å². The molecule has 2 aromatic carbocycles. The second-order valence-electron chi connectivity index (χ2n) is 4.19.